The van der Waals surface area contributed by atoms with Crippen LogP contribution in [0.1, 0.15) is 12.5 Å². The standard InChI is InChI=1S/C13H18N2O4/c1-2-19-8-7-14-13(18)15-11-5-3-10(4-6-11)9-12(16)17/h3-6H,2,7-9H2,1H3,(H,16,17)(H2,14,15,18). The second-order valence-electron chi connectivity index (χ2n) is 3.85. The minimum Gasteiger partial charge on any atom is -0.481 e. The van der Waals surface area contributed by atoms with E-state index in [0.717, 1.165) is 0 Å². The topological polar surface area (TPSA) is 87.7 Å². The summed E-state index contributed by atoms with van der Waals surface area (Å²) in [7, 11) is 0. The van der Waals surface area contributed by atoms with Gasteiger partial charge in [0.05, 0.1) is 13.0 Å². The summed E-state index contributed by atoms with van der Waals surface area (Å²) in [6, 6.07) is 6.36. The van der Waals surface area contributed by atoms with Crippen molar-refractivity contribution in [3.63, 3.8) is 0 Å². The summed E-state index contributed by atoms with van der Waals surface area (Å²) in [5.41, 5.74) is 1.30. The number of hydrogen-bond acceptors (Lipinski definition) is 3. The van der Waals surface area contributed by atoms with Gasteiger partial charge in [0.15, 0.2) is 0 Å². The SMILES string of the molecule is CCOCCNC(=O)Nc1ccc(CC(=O)O)cc1. The molecule has 0 unspecified atom stereocenters. The molecular weight excluding hydrogens is 248 g/mol. The maximum absolute atomic E-state index is 11.5. The Labute approximate surface area is 111 Å². The molecule has 3 N–H and O–H groups in total. The number of amides is 2. The van der Waals surface area contributed by atoms with Gasteiger partial charge in [0.2, 0.25) is 0 Å². The summed E-state index contributed by atoms with van der Waals surface area (Å²) in [4.78, 5) is 22.0. The highest BCUT2D eigenvalue weighted by atomic mass is 16.5. The quantitative estimate of drug-likeness (QED) is 0.652. The first-order valence-electron chi connectivity index (χ1n) is 6.05. The zero-order chi connectivity index (χ0) is 14.1. The Bertz CT molecular complexity index is 417. The molecule has 1 aromatic rings. The van der Waals surface area contributed by atoms with Crippen LogP contribution in [-0.2, 0) is 16.0 Å². The lowest BCUT2D eigenvalue weighted by atomic mass is 10.1. The fourth-order valence-corrected chi connectivity index (χ4v) is 1.44. The first kappa shape index (κ1) is 15.0. The van der Waals surface area contributed by atoms with Crippen molar-refractivity contribution in [2.24, 2.45) is 0 Å². The number of hydrogen-bond donors (Lipinski definition) is 3. The van der Waals surface area contributed by atoms with E-state index < -0.39 is 5.97 Å². The number of carbonyl (C=O) groups is 2. The Morgan fingerprint density at radius 1 is 1.26 bits per heavy atom. The maximum Gasteiger partial charge on any atom is 0.319 e. The molecule has 0 aliphatic heterocycles. The van der Waals surface area contributed by atoms with Gasteiger partial charge in [-0.05, 0) is 24.6 Å². The van der Waals surface area contributed by atoms with Crippen LogP contribution >= 0.6 is 0 Å². The summed E-state index contributed by atoms with van der Waals surface area (Å²) in [5, 5.41) is 13.9. The molecule has 0 saturated carbocycles. The second kappa shape index (κ2) is 8.10. The number of nitrogens with one attached hydrogen (secondary N) is 2. The van der Waals surface area contributed by atoms with Crippen LogP contribution in [-0.4, -0.2) is 36.9 Å². The van der Waals surface area contributed by atoms with Crippen LogP contribution in [0.15, 0.2) is 24.3 Å². The minimum atomic E-state index is -0.880. The average molecular weight is 266 g/mol. The predicted octanol–water partition coefficient (Wildman–Crippen LogP) is 1.47. The van der Waals surface area contributed by atoms with Crippen LogP contribution < -0.4 is 10.6 Å². The van der Waals surface area contributed by atoms with Gasteiger partial charge in [-0.3, -0.25) is 4.79 Å². The van der Waals surface area contributed by atoms with E-state index in [4.69, 9.17) is 9.84 Å². The normalized spacial score (nSPS) is 9.95. The van der Waals surface area contributed by atoms with Crippen molar-refractivity contribution in [1.82, 2.24) is 5.32 Å². The molecule has 0 radical (unpaired) electrons. The lowest BCUT2D eigenvalue weighted by Gasteiger charge is -2.08. The molecule has 0 fully saturated rings. The van der Waals surface area contributed by atoms with Crippen LogP contribution in [0.2, 0.25) is 0 Å². The number of aliphatic carboxylic acids is 1. The smallest absolute Gasteiger partial charge is 0.319 e. The van der Waals surface area contributed by atoms with E-state index in [-0.39, 0.29) is 12.5 Å². The largest absolute Gasteiger partial charge is 0.481 e. The summed E-state index contributed by atoms with van der Waals surface area (Å²) in [5.74, 6) is -0.880. The molecule has 0 atom stereocenters. The van der Waals surface area contributed by atoms with E-state index in [0.29, 0.717) is 31.0 Å². The Morgan fingerprint density at radius 3 is 2.53 bits per heavy atom. The van der Waals surface area contributed by atoms with Gasteiger partial charge in [0.1, 0.15) is 0 Å². The Kier molecular flexibility index (Phi) is 6.38. The van der Waals surface area contributed by atoms with Crippen molar-refractivity contribution >= 4 is 17.7 Å². The van der Waals surface area contributed by atoms with Crippen molar-refractivity contribution < 1.29 is 19.4 Å². The summed E-state index contributed by atoms with van der Waals surface area (Å²) < 4.78 is 5.09. The van der Waals surface area contributed by atoms with Gasteiger partial charge >= 0.3 is 12.0 Å². The molecule has 0 aromatic heterocycles. The van der Waals surface area contributed by atoms with Crippen molar-refractivity contribution in [3.05, 3.63) is 29.8 Å². The number of urea groups is 1. The van der Waals surface area contributed by atoms with E-state index in [9.17, 15) is 9.59 Å². The second-order valence-corrected chi connectivity index (χ2v) is 3.85. The number of benzene rings is 1. The molecule has 104 valence electrons. The van der Waals surface area contributed by atoms with E-state index >= 15 is 0 Å². The van der Waals surface area contributed by atoms with Crippen molar-refractivity contribution in [2.75, 3.05) is 25.1 Å². The molecule has 19 heavy (non-hydrogen) atoms. The Morgan fingerprint density at radius 2 is 1.95 bits per heavy atom. The van der Waals surface area contributed by atoms with E-state index in [1.54, 1.807) is 24.3 Å². The molecule has 0 heterocycles. The number of anilines is 1. The third-order valence-corrected chi connectivity index (χ3v) is 2.30. The van der Waals surface area contributed by atoms with Gasteiger partial charge in [-0.2, -0.15) is 0 Å². The number of carboxylic acids is 1. The van der Waals surface area contributed by atoms with Crippen LogP contribution in [0.3, 0.4) is 0 Å². The fraction of sp³-hybridized carbons (Fsp3) is 0.385. The number of carboxylic acid groups (broad SMARTS) is 1. The Hall–Kier alpha value is -2.08. The van der Waals surface area contributed by atoms with Crippen LogP contribution in [0.5, 0.6) is 0 Å². The number of ether oxygens (including phenoxy) is 1. The molecule has 6 heteroatoms. The van der Waals surface area contributed by atoms with Crippen molar-refractivity contribution in [3.8, 4) is 0 Å². The van der Waals surface area contributed by atoms with Gasteiger partial charge in [0, 0.05) is 18.8 Å². The first-order chi connectivity index (χ1) is 9.11. The van der Waals surface area contributed by atoms with E-state index in [1.807, 2.05) is 6.92 Å². The number of rotatable bonds is 7. The number of carbonyl (C=O) groups excluding carboxylic acids is 1. The van der Waals surface area contributed by atoms with Crippen LogP contribution in [0, 0.1) is 0 Å². The molecule has 0 spiro atoms. The molecule has 0 saturated heterocycles. The Balaban J connectivity index is 2.36. The molecule has 1 rings (SSSR count). The van der Waals surface area contributed by atoms with Crippen molar-refractivity contribution in [2.45, 2.75) is 13.3 Å². The molecule has 1 aromatic carbocycles. The van der Waals surface area contributed by atoms with Gasteiger partial charge in [-0.15, -0.1) is 0 Å². The zero-order valence-corrected chi connectivity index (χ0v) is 10.8. The van der Waals surface area contributed by atoms with E-state index in [2.05, 4.69) is 10.6 Å². The van der Waals surface area contributed by atoms with Gasteiger partial charge in [0.25, 0.3) is 0 Å². The molecule has 6 nitrogen and oxygen atoms in total. The maximum atomic E-state index is 11.5. The summed E-state index contributed by atoms with van der Waals surface area (Å²) in [6.45, 7) is 3.42. The van der Waals surface area contributed by atoms with Gasteiger partial charge in [-0.1, -0.05) is 12.1 Å². The highest BCUT2D eigenvalue weighted by Crippen LogP contribution is 2.09. The molecule has 2 amide bonds. The molecule has 0 bridgehead atoms. The van der Waals surface area contributed by atoms with Crippen LogP contribution in [0.4, 0.5) is 10.5 Å². The highest BCUT2D eigenvalue weighted by Gasteiger charge is 2.03. The summed E-state index contributed by atoms with van der Waals surface area (Å²) in [6.07, 6.45) is -0.0270. The molecule has 0 aliphatic carbocycles. The van der Waals surface area contributed by atoms with E-state index in [1.165, 1.54) is 0 Å². The van der Waals surface area contributed by atoms with Gasteiger partial charge in [-0.25, -0.2) is 4.79 Å². The lowest BCUT2D eigenvalue weighted by Crippen LogP contribution is -2.31. The fourth-order valence-electron chi connectivity index (χ4n) is 1.44. The third-order valence-electron chi connectivity index (χ3n) is 2.30. The monoisotopic (exact) mass is 266 g/mol. The molecule has 0 aliphatic rings. The highest BCUT2D eigenvalue weighted by molar-refractivity contribution is 5.89. The first-order valence-corrected chi connectivity index (χ1v) is 6.05. The minimum absolute atomic E-state index is 0.0270. The van der Waals surface area contributed by atoms with Crippen molar-refractivity contribution in [1.29, 1.82) is 0 Å². The van der Waals surface area contributed by atoms with Crippen LogP contribution in [0.25, 0.3) is 0 Å². The molecular formula is C13H18N2O4. The van der Waals surface area contributed by atoms with Gasteiger partial charge < -0.3 is 20.5 Å². The predicted molar refractivity (Wildman–Crippen MR) is 71.3 cm³/mol. The lowest BCUT2D eigenvalue weighted by molar-refractivity contribution is -0.136. The summed E-state index contributed by atoms with van der Waals surface area (Å²) >= 11 is 0. The third kappa shape index (κ3) is 6.42. The zero-order valence-electron chi connectivity index (χ0n) is 10.8. The average Bonchev–Trinajstić information content (AvgIpc) is 2.36.